The lowest BCUT2D eigenvalue weighted by molar-refractivity contribution is 0.598. The zero-order valence-electron chi connectivity index (χ0n) is 11.8. The van der Waals surface area contributed by atoms with Gasteiger partial charge in [-0.3, -0.25) is 0 Å². The Morgan fingerprint density at radius 1 is 1.06 bits per heavy atom. The largest absolute Gasteiger partial charge is 0.370 e. The van der Waals surface area contributed by atoms with Crippen molar-refractivity contribution in [1.82, 2.24) is 9.97 Å². The third-order valence-corrected chi connectivity index (χ3v) is 3.28. The van der Waals surface area contributed by atoms with Gasteiger partial charge in [-0.25, -0.2) is 9.97 Å². The molecule has 1 N–H and O–H groups in total. The molecule has 17 heavy (non-hydrogen) atoms. The van der Waals surface area contributed by atoms with Crippen molar-refractivity contribution in [3.05, 3.63) is 17.1 Å². The van der Waals surface area contributed by atoms with Crippen LogP contribution in [0.2, 0.25) is 0 Å². The molecule has 0 saturated carbocycles. The van der Waals surface area contributed by atoms with Crippen LogP contribution in [-0.4, -0.2) is 16.5 Å². The molecule has 0 atom stereocenters. The Morgan fingerprint density at radius 2 is 1.71 bits per heavy atom. The van der Waals surface area contributed by atoms with Gasteiger partial charge in [0.2, 0.25) is 0 Å². The number of nitrogens with one attached hydrogen (secondary N) is 1. The smallest absolute Gasteiger partial charge is 0.134 e. The van der Waals surface area contributed by atoms with Crippen molar-refractivity contribution in [3.8, 4) is 0 Å². The summed E-state index contributed by atoms with van der Waals surface area (Å²) in [4.78, 5) is 9.39. The van der Waals surface area contributed by atoms with Crippen molar-refractivity contribution >= 4 is 5.82 Å². The van der Waals surface area contributed by atoms with Gasteiger partial charge >= 0.3 is 0 Å². The maximum Gasteiger partial charge on any atom is 0.134 e. The van der Waals surface area contributed by atoms with Crippen LogP contribution in [-0.2, 0) is 6.42 Å². The third-order valence-electron chi connectivity index (χ3n) is 3.28. The summed E-state index contributed by atoms with van der Waals surface area (Å²) in [5.74, 6) is 2.52. The average Bonchev–Trinajstić information content (AvgIpc) is 2.31. The van der Waals surface area contributed by atoms with Crippen LogP contribution in [0, 0.1) is 6.92 Å². The standard InChI is InChI=1S/C14H25N3/c1-6-11(7-2)13-16-10(5)12(8-3)14(17-13)15-9-4/h11H,6-9H2,1-5H3,(H,15,16,17). The van der Waals surface area contributed by atoms with E-state index in [9.17, 15) is 0 Å². The predicted molar refractivity (Wildman–Crippen MR) is 73.6 cm³/mol. The SMILES string of the molecule is CCNc1nc(C(CC)CC)nc(C)c1CC. The van der Waals surface area contributed by atoms with Crippen LogP contribution in [0.3, 0.4) is 0 Å². The Morgan fingerprint density at radius 3 is 2.18 bits per heavy atom. The number of hydrogen-bond donors (Lipinski definition) is 1. The molecule has 0 aliphatic heterocycles. The molecule has 0 saturated heterocycles. The van der Waals surface area contributed by atoms with E-state index in [1.165, 1.54) is 5.56 Å². The first-order valence-electron chi connectivity index (χ1n) is 6.79. The Labute approximate surface area is 105 Å². The minimum atomic E-state index is 0.483. The van der Waals surface area contributed by atoms with E-state index in [4.69, 9.17) is 4.98 Å². The van der Waals surface area contributed by atoms with Crippen molar-refractivity contribution in [1.29, 1.82) is 0 Å². The molecule has 0 unspecified atom stereocenters. The number of anilines is 1. The fourth-order valence-electron chi connectivity index (χ4n) is 2.19. The van der Waals surface area contributed by atoms with Gasteiger partial charge in [0.1, 0.15) is 11.6 Å². The summed E-state index contributed by atoms with van der Waals surface area (Å²) in [6.07, 6.45) is 3.19. The second-order valence-electron chi connectivity index (χ2n) is 4.39. The monoisotopic (exact) mass is 235 g/mol. The van der Waals surface area contributed by atoms with Crippen molar-refractivity contribution < 1.29 is 0 Å². The van der Waals surface area contributed by atoms with Gasteiger partial charge in [0.05, 0.1) is 0 Å². The zero-order chi connectivity index (χ0) is 12.8. The first-order chi connectivity index (χ1) is 8.17. The predicted octanol–water partition coefficient (Wildman–Crippen LogP) is 3.68. The Kier molecular flexibility index (Phi) is 5.39. The molecule has 0 aliphatic rings. The summed E-state index contributed by atoms with van der Waals surface area (Å²) >= 11 is 0. The summed E-state index contributed by atoms with van der Waals surface area (Å²) in [5.41, 5.74) is 2.38. The normalized spacial score (nSPS) is 10.9. The van der Waals surface area contributed by atoms with Crippen molar-refractivity contribution in [2.75, 3.05) is 11.9 Å². The maximum absolute atomic E-state index is 4.71. The number of rotatable bonds is 6. The van der Waals surface area contributed by atoms with Crippen molar-refractivity contribution in [2.24, 2.45) is 0 Å². The fraction of sp³-hybridized carbons (Fsp3) is 0.714. The molecule has 1 heterocycles. The van der Waals surface area contributed by atoms with Gasteiger partial charge in [-0.05, 0) is 33.1 Å². The lowest BCUT2D eigenvalue weighted by Gasteiger charge is -2.16. The lowest BCUT2D eigenvalue weighted by atomic mass is 10.0. The number of aryl methyl sites for hydroxylation is 1. The quantitative estimate of drug-likeness (QED) is 0.817. The van der Waals surface area contributed by atoms with Crippen molar-refractivity contribution in [2.45, 2.75) is 59.8 Å². The molecule has 0 amide bonds. The minimum Gasteiger partial charge on any atom is -0.370 e. The Balaban J connectivity index is 3.17. The highest BCUT2D eigenvalue weighted by molar-refractivity contribution is 5.46. The highest BCUT2D eigenvalue weighted by Gasteiger charge is 2.15. The van der Waals surface area contributed by atoms with Crippen LogP contribution in [0.15, 0.2) is 0 Å². The van der Waals surface area contributed by atoms with Crippen LogP contribution in [0.1, 0.15) is 63.5 Å². The van der Waals surface area contributed by atoms with Gasteiger partial charge in [-0.15, -0.1) is 0 Å². The first kappa shape index (κ1) is 13.9. The Hall–Kier alpha value is -1.12. The Bertz CT molecular complexity index is 357. The van der Waals surface area contributed by atoms with E-state index in [-0.39, 0.29) is 0 Å². The summed E-state index contributed by atoms with van der Waals surface area (Å²) in [7, 11) is 0. The summed E-state index contributed by atoms with van der Waals surface area (Å²) in [6.45, 7) is 11.7. The molecule has 1 aromatic rings. The van der Waals surface area contributed by atoms with E-state index in [0.29, 0.717) is 5.92 Å². The van der Waals surface area contributed by atoms with Gasteiger partial charge in [0.15, 0.2) is 0 Å². The summed E-state index contributed by atoms with van der Waals surface area (Å²) in [5, 5.41) is 3.36. The van der Waals surface area contributed by atoms with Crippen LogP contribution in [0.4, 0.5) is 5.82 Å². The molecule has 0 aromatic carbocycles. The van der Waals surface area contributed by atoms with Gasteiger partial charge < -0.3 is 5.32 Å². The second-order valence-corrected chi connectivity index (χ2v) is 4.39. The summed E-state index contributed by atoms with van der Waals surface area (Å²) in [6, 6.07) is 0. The molecule has 0 spiro atoms. The molecule has 96 valence electrons. The molecule has 0 fully saturated rings. The van der Waals surface area contributed by atoms with E-state index >= 15 is 0 Å². The number of hydrogen-bond acceptors (Lipinski definition) is 3. The van der Waals surface area contributed by atoms with E-state index in [1.807, 2.05) is 0 Å². The van der Waals surface area contributed by atoms with E-state index in [2.05, 4.69) is 44.9 Å². The lowest BCUT2D eigenvalue weighted by Crippen LogP contribution is -2.12. The molecule has 0 aliphatic carbocycles. The van der Waals surface area contributed by atoms with Gasteiger partial charge in [-0.1, -0.05) is 20.8 Å². The topological polar surface area (TPSA) is 37.8 Å². The van der Waals surface area contributed by atoms with Crippen LogP contribution in [0.5, 0.6) is 0 Å². The molecular formula is C14H25N3. The van der Waals surface area contributed by atoms with E-state index in [0.717, 1.165) is 43.1 Å². The number of aromatic nitrogens is 2. The van der Waals surface area contributed by atoms with Gasteiger partial charge in [-0.2, -0.15) is 0 Å². The zero-order valence-corrected chi connectivity index (χ0v) is 11.8. The highest BCUT2D eigenvalue weighted by Crippen LogP contribution is 2.24. The van der Waals surface area contributed by atoms with Gasteiger partial charge in [0.25, 0.3) is 0 Å². The van der Waals surface area contributed by atoms with Crippen LogP contribution in [0.25, 0.3) is 0 Å². The molecule has 1 rings (SSSR count). The molecule has 0 radical (unpaired) electrons. The van der Waals surface area contributed by atoms with Crippen LogP contribution < -0.4 is 5.32 Å². The molecule has 1 aromatic heterocycles. The summed E-state index contributed by atoms with van der Waals surface area (Å²) < 4.78 is 0. The average molecular weight is 235 g/mol. The molecule has 3 heteroatoms. The molecular weight excluding hydrogens is 210 g/mol. The maximum atomic E-state index is 4.71. The van der Waals surface area contributed by atoms with Crippen LogP contribution >= 0.6 is 0 Å². The molecule has 3 nitrogen and oxygen atoms in total. The third kappa shape index (κ3) is 3.18. The number of nitrogens with zero attached hydrogens (tertiary/aromatic N) is 2. The first-order valence-corrected chi connectivity index (χ1v) is 6.79. The minimum absolute atomic E-state index is 0.483. The second kappa shape index (κ2) is 6.58. The fourth-order valence-corrected chi connectivity index (χ4v) is 2.19. The van der Waals surface area contributed by atoms with Gasteiger partial charge in [0, 0.05) is 23.7 Å². The van der Waals surface area contributed by atoms with Crippen molar-refractivity contribution in [3.63, 3.8) is 0 Å². The highest BCUT2D eigenvalue weighted by atomic mass is 15.0. The van der Waals surface area contributed by atoms with E-state index < -0.39 is 0 Å². The van der Waals surface area contributed by atoms with E-state index in [1.54, 1.807) is 0 Å². The molecule has 0 bridgehead atoms.